The predicted molar refractivity (Wildman–Crippen MR) is 113 cm³/mol. The van der Waals surface area contributed by atoms with Crippen LogP contribution in [-0.4, -0.2) is 45.2 Å². The van der Waals surface area contributed by atoms with Crippen molar-refractivity contribution in [3.63, 3.8) is 0 Å². The molecule has 1 fully saturated rings. The van der Waals surface area contributed by atoms with Crippen LogP contribution < -0.4 is 0 Å². The molecule has 1 amide bonds. The van der Waals surface area contributed by atoms with E-state index in [4.69, 9.17) is 9.51 Å². The first kappa shape index (κ1) is 18.5. The minimum absolute atomic E-state index is 0.0703. The number of aliphatic hydroxyl groups is 1. The largest absolute Gasteiger partial charge is 0.391 e. The zero-order valence-corrected chi connectivity index (χ0v) is 16.3. The van der Waals surface area contributed by atoms with Gasteiger partial charge in [0, 0.05) is 41.7 Å². The summed E-state index contributed by atoms with van der Waals surface area (Å²) in [4.78, 5) is 19.2. The molecule has 1 N–H and O–H groups in total. The maximum absolute atomic E-state index is 12.9. The molecule has 0 saturated carbocycles. The molecule has 1 saturated heterocycles. The molecular weight excluding hydrogens is 378 g/mol. The number of β-amino-alcohol motifs (C(OH)–C–C–N with tert-alkyl or cyclic N) is 1. The second-order valence-electron chi connectivity index (χ2n) is 7.68. The van der Waals surface area contributed by atoms with Crippen LogP contribution in [0.3, 0.4) is 0 Å². The minimum Gasteiger partial charge on any atom is -0.391 e. The van der Waals surface area contributed by atoms with Crippen molar-refractivity contribution in [1.82, 2.24) is 15.0 Å². The molecule has 1 aliphatic rings. The Labute approximate surface area is 173 Å². The number of aliphatic hydroxyl groups excluding tert-OH is 1. The Kier molecular flexibility index (Phi) is 4.77. The molecular formula is C24H21N3O3. The Hall–Kier alpha value is -3.51. The second kappa shape index (κ2) is 7.72. The second-order valence-corrected chi connectivity index (χ2v) is 7.68. The fraction of sp³-hybridized carbons (Fsp3) is 0.208. The number of carbonyl (C=O) groups excluding carboxylic acids is 1. The molecule has 6 nitrogen and oxygen atoms in total. The fourth-order valence-corrected chi connectivity index (χ4v) is 3.99. The lowest BCUT2D eigenvalue weighted by Gasteiger charge is -2.14. The van der Waals surface area contributed by atoms with E-state index in [1.807, 2.05) is 66.7 Å². The fourth-order valence-electron chi connectivity index (χ4n) is 3.99. The third kappa shape index (κ3) is 3.57. The number of fused-ring (bicyclic) bond motifs is 1. The number of carbonyl (C=O) groups is 1. The topological polar surface area (TPSA) is 79.5 Å². The normalized spacial score (nSPS) is 18.8. The first-order chi connectivity index (χ1) is 14.7. The monoisotopic (exact) mass is 399 g/mol. The highest BCUT2D eigenvalue weighted by Crippen LogP contribution is 2.25. The number of aromatic nitrogens is 2. The van der Waals surface area contributed by atoms with Gasteiger partial charge in [0.05, 0.1) is 11.6 Å². The molecule has 0 radical (unpaired) electrons. The summed E-state index contributed by atoms with van der Waals surface area (Å²) in [7, 11) is 0. The van der Waals surface area contributed by atoms with Crippen molar-refractivity contribution in [1.29, 1.82) is 0 Å². The average molecular weight is 399 g/mol. The number of amides is 1. The van der Waals surface area contributed by atoms with E-state index in [1.165, 1.54) is 0 Å². The molecule has 2 aromatic carbocycles. The molecule has 3 heterocycles. The Morgan fingerprint density at radius 1 is 1.03 bits per heavy atom. The van der Waals surface area contributed by atoms with Crippen LogP contribution in [0.4, 0.5) is 0 Å². The first-order valence-corrected chi connectivity index (χ1v) is 10.0. The van der Waals surface area contributed by atoms with Gasteiger partial charge in [-0.3, -0.25) is 9.78 Å². The van der Waals surface area contributed by atoms with Gasteiger partial charge in [-0.05, 0) is 18.6 Å². The summed E-state index contributed by atoms with van der Waals surface area (Å²) in [5.41, 5.74) is 3.36. The Morgan fingerprint density at radius 3 is 2.70 bits per heavy atom. The molecule has 0 spiro atoms. The van der Waals surface area contributed by atoms with Crippen molar-refractivity contribution in [2.75, 3.05) is 13.1 Å². The van der Waals surface area contributed by atoms with Crippen molar-refractivity contribution in [3.8, 4) is 11.3 Å². The summed E-state index contributed by atoms with van der Waals surface area (Å²) in [5, 5.41) is 15.7. The van der Waals surface area contributed by atoms with Crippen LogP contribution in [0, 0.1) is 5.92 Å². The van der Waals surface area contributed by atoms with Crippen molar-refractivity contribution in [2.45, 2.75) is 12.5 Å². The highest BCUT2D eigenvalue weighted by atomic mass is 16.5. The molecule has 0 bridgehead atoms. The lowest BCUT2D eigenvalue weighted by Crippen LogP contribution is -2.29. The molecule has 0 unspecified atom stereocenters. The van der Waals surface area contributed by atoms with Crippen LogP contribution >= 0.6 is 0 Å². The van der Waals surface area contributed by atoms with Crippen LogP contribution in [0.25, 0.3) is 22.2 Å². The lowest BCUT2D eigenvalue weighted by atomic mass is 9.99. The zero-order chi connectivity index (χ0) is 20.5. The predicted octanol–water partition coefficient (Wildman–Crippen LogP) is 3.57. The van der Waals surface area contributed by atoms with Gasteiger partial charge < -0.3 is 14.5 Å². The van der Waals surface area contributed by atoms with Gasteiger partial charge in [-0.25, -0.2) is 0 Å². The molecule has 2 atom stereocenters. The molecule has 6 heteroatoms. The smallest absolute Gasteiger partial charge is 0.292 e. The van der Waals surface area contributed by atoms with Gasteiger partial charge in [-0.1, -0.05) is 59.8 Å². The van der Waals surface area contributed by atoms with Gasteiger partial charge in [0.1, 0.15) is 5.69 Å². The molecule has 0 aliphatic carbocycles. The minimum atomic E-state index is -0.598. The Bertz CT molecular complexity index is 1190. The van der Waals surface area contributed by atoms with E-state index in [1.54, 1.807) is 11.0 Å². The average Bonchev–Trinajstić information content (AvgIpc) is 3.41. The number of likely N-dealkylation sites (tertiary alicyclic amines) is 1. The maximum atomic E-state index is 12.9. The van der Waals surface area contributed by atoms with Gasteiger partial charge >= 0.3 is 0 Å². The third-order valence-electron chi connectivity index (χ3n) is 5.61. The van der Waals surface area contributed by atoms with Gasteiger partial charge in [0.15, 0.2) is 0 Å². The van der Waals surface area contributed by atoms with Crippen LogP contribution in [-0.2, 0) is 6.42 Å². The van der Waals surface area contributed by atoms with Crippen molar-refractivity contribution in [3.05, 3.63) is 84.3 Å². The number of hydrogen-bond donors (Lipinski definition) is 1. The number of benzene rings is 2. The van der Waals surface area contributed by atoms with Gasteiger partial charge in [0.25, 0.3) is 5.91 Å². The van der Waals surface area contributed by atoms with Crippen LogP contribution in [0.1, 0.15) is 16.2 Å². The third-order valence-corrected chi connectivity index (χ3v) is 5.61. The van der Waals surface area contributed by atoms with Crippen molar-refractivity contribution in [2.24, 2.45) is 5.92 Å². The Morgan fingerprint density at radius 2 is 1.83 bits per heavy atom. The van der Waals surface area contributed by atoms with Crippen LogP contribution in [0.5, 0.6) is 0 Å². The van der Waals surface area contributed by atoms with Gasteiger partial charge in [-0.2, -0.15) is 0 Å². The van der Waals surface area contributed by atoms with E-state index in [0.29, 0.717) is 18.7 Å². The van der Waals surface area contributed by atoms with Gasteiger partial charge in [-0.15, -0.1) is 0 Å². The zero-order valence-electron chi connectivity index (χ0n) is 16.3. The van der Waals surface area contributed by atoms with E-state index in [9.17, 15) is 9.90 Å². The molecule has 5 rings (SSSR count). The highest BCUT2D eigenvalue weighted by molar-refractivity contribution is 5.92. The molecule has 150 valence electrons. The van der Waals surface area contributed by atoms with E-state index in [-0.39, 0.29) is 24.1 Å². The van der Waals surface area contributed by atoms with E-state index in [2.05, 4.69) is 5.16 Å². The molecule has 2 aromatic heterocycles. The summed E-state index contributed by atoms with van der Waals surface area (Å²) in [6.45, 7) is 0.730. The summed E-state index contributed by atoms with van der Waals surface area (Å²) in [6.07, 6.45) is 0.0142. The lowest BCUT2D eigenvalue weighted by molar-refractivity contribution is 0.0724. The first-order valence-electron chi connectivity index (χ1n) is 10.0. The number of rotatable bonds is 4. The highest BCUT2D eigenvalue weighted by Gasteiger charge is 2.36. The Balaban J connectivity index is 1.29. The summed E-state index contributed by atoms with van der Waals surface area (Å²) in [6, 6.07) is 23.2. The standard InChI is InChI=1S/C24H21N3O3/c28-22-15-27(24(29)23-13-21(26-30-23)16-6-2-1-3-7-16)14-18(22)12-19-11-10-17-8-4-5-9-20(17)25-19/h1-11,13,18,22,28H,12,14-15H2/t18-,22-/m1/s1. The number of pyridine rings is 1. The quantitative estimate of drug-likeness (QED) is 0.568. The number of nitrogens with zero attached hydrogens (tertiary/aromatic N) is 3. The summed E-state index contributed by atoms with van der Waals surface area (Å²) < 4.78 is 5.30. The maximum Gasteiger partial charge on any atom is 0.292 e. The molecule has 1 aliphatic heterocycles. The van der Waals surface area contributed by atoms with E-state index >= 15 is 0 Å². The van der Waals surface area contributed by atoms with E-state index in [0.717, 1.165) is 22.2 Å². The van der Waals surface area contributed by atoms with Crippen LogP contribution in [0.2, 0.25) is 0 Å². The van der Waals surface area contributed by atoms with Crippen molar-refractivity contribution < 1.29 is 14.4 Å². The number of hydrogen-bond acceptors (Lipinski definition) is 5. The SMILES string of the molecule is O=C(c1cc(-c2ccccc2)no1)N1C[C@@H](Cc2ccc3ccccc3n2)[C@H](O)C1. The van der Waals surface area contributed by atoms with Crippen LogP contribution in [0.15, 0.2) is 77.3 Å². The summed E-state index contributed by atoms with van der Waals surface area (Å²) in [5.74, 6) is -0.137. The number of para-hydroxylation sites is 1. The molecule has 30 heavy (non-hydrogen) atoms. The van der Waals surface area contributed by atoms with Crippen molar-refractivity contribution >= 4 is 16.8 Å². The molecule has 4 aromatic rings. The van der Waals surface area contributed by atoms with Gasteiger partial charge in [0.2, 0.25) is 5.76 Å². The summed E-state index contributed by atoms with van der Waals surface area (Å²) >= 11 is 0. The van der Waals surface area contributed by atoms with E-state index < -0.39 is 6.10 Å².